The van der Waals surface area contributed by atoms with Crippen LogP contribution in [0.2, 0.25) is 0 Å². The van der Waals surface area contributed by atoms with Gasteiger partial charge in [-0.1, -0.05) is 0 Å². The molecule has 2 aromatic heterocycles. The highest BCUT2D eigenvalue weighted by atomic mass is 32.2. The van der Waals surface area contributed by atoms with Gasteiger partial charge >= 0.3 is 0 Å². The third-order valence-electron chi connectivity index (χ3n) is 5.47. The Morgan fingerprint density at radius 1 is 1.22 bits per heavy atom. The number of likely N-dealkylation sites (tertiary alicyclic amines) is 1. The summed E-state index contributed by atoms with van der Waals surface area (Å²) >= 11 is 0. The highest BCUT2D eigenvalue weighted by Crippen LogP contribution is 2.37. The lowest BCUT2D eigenvalue weighted by atomic mass is 10.1. The summed E-state index contributed by atoms with van der Waals surface area (Å²) in [5, 5.41) is 4.24. The van der Waals surface area contributed by atoms with Crippen LogP contribution in [0.3, 0.4) is 0 Å². The van der Waals surface area contributed by atoms with Crippen molar-refractivity contribution in [1.82, 2.24) is 24.0 Å². The van der Waals surface area contributed by atoms with Gasteiger partial charge in [-0.15, -0.1) is 0 Å². The molecule has 0 aromatic carbocycles. The van der Waals surface area contributed by atoms with Crippen molar-refractivity contribution in [3.8, 4) is 0 Å². The van der Waals surface area contributed by atoms with Crippen LogP contribution in [-0.4, -0.2) is 70.7 Å². The van der Waals surface area contributed by atoms with E-state index in [4.69, 9.17) is 0 Å². The van der Waals surface area contributed by atoms with E-state index in [1.807, 2.05) is 45.2 Å². The molecule has 4 heterocycles. The molecule has 0 N–H and O–H groups in total. The molecular weight excluding hydrogens is 364 g/mol. The van der Waals surface area contributed by atoms with Gasteiger partial charge in [-0.25, -0.2) is 13.4 Å². The smallest absolute Gasteiger partial charge is 0.247 e. The molecule has 146 valence electrons. The molecule has 27 heavy (non-hydrogen) atoms. The summed E-state index contributed by atoms with van der Waals surface area (Å²) in [4.78, 5) is 9.06. The normalized spacial score (nSPS) is 25.4. The second-order valence-corrected chi connectivity index (χ2v) is 9.53. The van der Waals surface area contributed by atoms with E-state index in [1.165, 1.54) is 0 Å². The molecule has 1 saturated heterocycles. The van der Waals surface area contributed by atoms with Crippen LogP contribution < -0.4 is 4.90 Å². The Kier molecular flexibility index (Phi) is 4.48. The first-order chi connectivity index (χ1) is 12.8. The molecule has 4 rings (SSSR count). The number of rotatable bonds is 3. The average molecular weight is 391 g/mol. The van der Waals surface area contributed by atoms with Crippen LogP contribution in [0.25, 0.3) is 0 Å². The zero-order chi connectivity index (χ0) is 19.3. The number of sulfonamides is 1. The van der Waals surface area contributed by atoms with Crippen molar-refractivity contribution in [2.75, 3.05) is 25.0 Å². The van der Waals surface area contributed by atoms with Gasteiger partial charge in [0.2, 0.25) is 10.0 Å². The predicted molar refractivity (Wildman–Crippen MR) is 103 cm³/mol. The van der Waals surface area contributed by atoms with E-state index in [9.17, 15) is 8.42 Å². The quantitative estimate of drug-likeness (QED) is 0.776. The molecule has 9 heteroatoms. The largest absolute Gasteiger partial charge is 0.353 e. The zero-order valence-electron chi connectivity index (χ0n) is 16.1. The van der Waals surface area contributed by atoms with E-state index in [1.54, 1.807) is 27.3 Å². The maximum absolute atomic E-state index is 13.4. The van der Waals surface area contributed by atoms with Gasteiger partial charge in [-0.2, -0.15) is 9.40 Å². The van der Waals surface area contributed by atoms with Crippen LogP contribution in [0.4, 0.5) is 5.82 Å². The molecule has 2 aromatic rings. The van der Waals surface area contributed by atoms with Crippen molar-refractivity contribution in [2.24, 2.45) is 7.05 Å². The molecule has 0 saturated carbocycles. The first kappa shape index (κ1) is 18.4. The van der Waals surface area contributed by atoms with E-state index < -0.39 is 10.0 Å². The first-order valence-electron chi connectivity index (χ1n) is 9.20. The number of pyridine rings is 1. The van der Waals surface area contributed by atoms with Crippen LogP contribution >= 0.6 is 0 Å². The molecule has 0 bridgehead atoms. The lowest BCUT2D eigenvalue weighted by Crippen LogP contribution is -2.52. The Bertz CT molecular complexity index is 941. The molecule has 1 fully saturated rings. The summed E-state index contributed by atoms with van der Waals surface area (Å²) in [7, 11) is 0.247. The van der Waals surface area contributed by atoms with Crippen LogP contribution in [0, 0.1) is 0 Å². The van der Waals surface area contributed by atoms with Crippen molar-refractivity contribution in [2.45, 2.75) is 43.4 Å². The monoisotopic (exact) mass is 390 g/mol. The highest BCUT2D eigenvalue weighted by Gasteiger charge is 2.49. The Morgan fingerprint density at radius 3 is 2.63 bits per heavy atom. The molecule has 2 aliphatic rings. The fraction of sp³-hybridized carbons (Fsp3) is 0.556. The SMILES string of the molecule is CC(C)N1[C@@H]2CN(Cc3cnn(C)c3)C[C@@H]2N(C)c2ncccc2S1(=O)=O. The Morgan fingerprint density at radius 2 is 1.96 bits per heavy atom. The molecule has 0 amide bonds. The van der Waals surface area contributed by atoms with Gasteiger partial charge in [-0.05, 0) is 26.0 Å². The minimum Gasteiger partial charge on any atom is -0.353 e. The maximum Gasteiger partial charge on any atom is 0.247 e. The lowest BCUT2D eigenvalue weighted by molar-refractivity contribution is 0.249. The third-order valence-corrected chi connectivity index (χ3v) is 7.59. The van der Waals surface area contributed by atoms with Gasteiger partial charge in [-0.3, -0.25) is 9.58 Å². The number of hydrogen-bond acceptors (Lipinski definition) is 6. The Labute approximate surface area is 160 Å². The number of aromatic nitrogens is 3. The third kappa shape index (κ3) is 3.03. The zero-order valence-corrected chi connectivity index (χ0v) is 17.0. The lowest BCUT2D eigenvalue weighted by Gasteiger charge is -2.34. The molecule has 0 unspecified atom stereocenters. The van der Waals surface area contributed by atoms with Crippen molar-refractivity contribution < 1.29 is 8.42 Å². The number of anilines is 1. The Balaban J connectivity index is 1.73. The van der Waals surface area contributed by atoms with Gasteiger partial charge in [0, 0.05) is 57.7 Å². The summed E-state index contributed by atoms with van der Waals surface area (Å²) in [6.07, 6.45) is 5.53. The molecule has 0 aliphatic carbocycles. The second kappa shape index (κ2) is 6.57. The number of aryl methyl sites for hydroxylation is 1. The molecule has 8 nitrogen and oxygen atoms in total. The summed E-state index contributed by atoms with van der Waals surface area (Å²) < 4.78 is 30.4. The molecule has 0 radical (unpaired) electrons. The summed E-state index contributed by atoms with van der Waals surface area (Å²) in [6, 6.07) is 3.16. The van der Waals surface area contributed by atoms with Crippen molar-refractivity contribution in [1.29, 1.82) is 0 Å². The number of nitrogens with zero attached hydrogens (tertiary/aromatic N) is 6. The van der Waals surface area contributed by atoms with Gasteiger partial charge in [0.15, 0.2) is 0 Å². The van der Waals surface area contributed by atoms with E-state index in [2.05, 4.69) is 15.0 Å². The van der Waals surface area contributed by atoms with Gasteiger partial charge in [0.25, 0.3) is 0 Å². The molecule has 2 aliphatic heterocycles. The number of fused-ring (bicyclic) bond motifs is 2. The van der Waals surface area contributed by atoms with E-state index in [0.29, 0.717) is 17.3 Å². The van der Waals surface area contributed by atoms with Crippen molar-refractivity contribution in [3.05, 3.63) is 36.3 Å². The average Bonchev–Trinajstić information content (AvgIpc) is 3.18. The van der Waals surface area contributed by atoms with Crippen molar-refractivity contribution >= 4 is 15.8 Å². The molecular formula is C18H26N6O2S. The fourth-order valence-corrected chi connectivity index (χ4v) is 6.40. The maximum atomic E-state index is 13.4. The first-order valence-corrected chi connectivity index (χ1v) is 10.6. The van der Waals surface area contributed by atoms with Crippen LogP contribution in [0.15, 0.2) is 35.6 Å². The van der Waals surface area contributed by atoms with Gasteiger partial charge < -0.3 is 4.90 Å². The summed E-state index contributed by atoms with van der Waals surface area (Å²) in [6.45, 7) is 6.12. The number of hydrogen-bond donors (Lipinski definition) is 0. The topological polar surface area (TPSA) is 74.6 Å². The molecule has 0 spiro atoms. The fourth-order valence-electron chi connectivity index (χ4n) is 4.38. The van der Waals surface area contributed by atoms with Crippen molar-refractivity contribution in [3.63, 3.8) is 0 Å². The van der Waals surface area contributed by atoms with Crippen LogP contribution in [-0.2, 0) is 23.6 Å². The standard InChI is InChI=1S/C18H26N6O2S/c1-13(2)24-16-12-23(10-14-8-20-21(3)9-14)11-15(16)22(4)18-17(27(24,25)26)6-5-7-19-18/h5-9,13,15-16H,10-12H2,1-4H3/t15-,16+/m0/s1. The minimum absolute atomic E-state index is 0.0509. The van der Waals surface area contributed by atoms with Crippen LogP contribution in [0.1, 0.15) is 19.4 Å². The van der Waals surface area contributed by atoms with Gasteiger partial charge in [0.05, 0.1) is 18.3 Å². The summed E-state index contributed by atoms with van der Waals surface area (Å²) in [5.74, 6) is 0.541. The summed E-state index contributed by atoms with van der Waals surface area (Å²) in [5.41, 5.74) is 1.13. The predicted octanol–water partition coefficient (Wildman–Crippen LogP) is 0.917. The Hall–Kier alpha value is -1.97. The van der Waals surface area contributed by atoms with E-state index in [0.717, 1.165) is 18.7 Å². The van der Waals surface area contributed by atoms with Crippen LogP contribution in [0.5, 0.6) is 0 Å². The van der Waals surface area contributed by atoms with Gasteiger partial charge in [0.1, 0.15) is 10.7 Å². The highest BCUT2D eigenvalue weighted by molar-refractivity contribution is 7.89. The second-order valence-electron chi connectivity index (χ2n) is 7.72. The molecule has 2 atom stereocenters. The number of likely N-dealkylation sites (N-methyl/N-ethyl adjacent to an activating group) is 1. The van der Waals surface area contributed by atoms with E-state index >= 15 is 0 Å². The van der Waals surface area contributed by atoms with E-state index in [-0.39, 0.29) is 18.1 Å². The minimum atomic E-state index is -3.61.